The first kappa shape index (κ1) is 16.0. The smallest absolute Gasteiger partial charge is 0.210 e. The molecule has 0 aliphatic carbocycles. The van der Waals surface area contributed by atoms with Gasteiger partial charge in [-0.1, -0.05) is 57.2 Å². The SMILES string of the molecule is N#Cc1cccc(CSc2nnc(Nc3cccc(Br)c3)s2)c1. The Kier molecular flexibility index (Phi) is 5.28. The number of nitrogens with one attached hydrogen (secondary N) is 1. The van der Waals surface area contributed by atoms with Crippen molar-refractivity contribution in [1.29, 1.82) is 5.26 Å². The maximum Gasteiger partial charge on any atom is 0.210 e. The van der Waals surface area contributed by atoms with E-state index in [2.05, 4.69) is 37.5 Å². The van der Waals surface area contributed by atoms with Crippen LogP contribution in [0.2, 0.25) is 0 Å². The number of thioether (sulfide) groups is 1. The van der Waals surface area contributed by atoms with Crippen molar-refractivity contribution in [2.24, 2.45) is 0 Å². The Morgan fingerprint density at radius 2 is 2.04 bits per heavy atom. The van der Waals surface area contributed by atoms with Crippen molar-refractivity contribution in [2.75, 3.05) is 5.32 Å². The molecule has 2 aromatic carbocycles. The predicted octanol–water partition coefficient (Wildman–Crippen LogP) is 5.21. The highest BCUT2D eigenvalue weighted by molar-refractivity contribution is 9.10. The van der Waals surface area contributed by atoms with Crippen LogP contribution in [-0.2, 0) is 5.75 Å². The van der Waals surface area contributed by atoms with Crippen LogP contribution in [0.25, 0.3) is 0 Å². The lowest BCUT2D eigenvalue weighted by atomic mass is 10.2. The number of rotatable bonds is 5. The number of hydrogen-bond donors (Lipinski definition) is 1. The van der Waals surface area contributed by atoms with Crippen molar-refractivity contribution in [3.63, 3.8) is 0 Å². The van der Waals surface area contributed by atoms with Gasteiger partial charge >= 0.3 is 0 Å². The molecule has 0 radical (unpaired) electrons. The van der Waals surface area contributed by atoms with E-state index in [1.807, 2.05) is 42.5 Å². The predicted molar refractivity (Wildman–Crippen MR) is 98.1 cm³/mol. The zero-order valence-corrected chi connectivity index (χ0v) is 15.1. The molecular weight excluding hydrogens is 392 g/mol. The van der Waals surface area contributed by atoms with Crippen molar-refractivity contribution < 1.29 is 0 Å². The Morgan fingerprint density at radius 1 is 1.17 bits per heavy atom. The molecule has 1 N–H and O–H groups in total. The Balaban J connectivity index is 1.62. The highest BCUT2D eigenvalue weighted by Gasteiger charge is 2.06. The van der Waals surface area contributed by atoms with Gasteiger partial charge in [0.05, 0.1) is 11.6 Å². The van der Waals surface area contributed by atoms with E-state index >= 15 is 0 Å². The Bertz CT molecular complexity index is 857. The molecule has 1 aromatic heterocycles. The summed E-state index contributed by atoms with van der Waals surface area (Å²) in [6.07, 6.45) is 0. The lowest BCUT2D eigenvalue weighted by Gasteiger charge is -2.01. The van der Waals surface area contributed by atoms with Gasteiger partial charge in [0.2, 0.25) is 5.13 Å². The molecule has 1 heterocycles. The molecule has 0 saturated heterocycles. The molecule has 114 valence electrons. The maximum atomic E-state index is 8.92. The summed E-state index contributed by atoms with van der Waals surface area (Å²) in [5, 5.41) is 21.3. The fourth-order valence-electron chi connectivity index (χ4n) is 1.88. The van der Waals surface area contributed by atoms with Crippen molar-refractivity contribution >= 4 is 49.8 Å². The van der Waals surface area contributed by atoms with Crippen LogP contribution in [0, 0.1) is 11.3 Å². The Morgan fingerprint density at radius 3 is 2.87 bits per heavy atom. The second-order valence-corrected chi connectivity index (χ2v) is 7.72. The van der Waals surface area contributed by atoms with E-state index in [4.69, 9.17) is 5.26 Å². The molecule has 7 heteroatoms. The van der Waals surface area contributed by atoms with Crippen LogP contribution in [0.3, 0.4) is 0 Å². The summed E-state index contributed by atoms with van der Waals surface area (Å²) in [6, 6.07) is 17.7. The minimum Gasteiger partial charge on any atom is -0.330 e. The lowest BCUT2D eigenvalue weighted by molar-refractivity contribution is 1.01. The van der Waals surface area contributed by atoms with E-state index in [0.717, 1.165) is 30.9 Å². The molecule has 0 amide bonds. The summed E-state index contributed by atoms with van der Waals surface area (Å²) in [5.41, 5.74) is 2.75. The number of halogens is 1. The highest BCUT2D eigenvalue weighted by Crippen LogP contribution is 2.30. The molecule has 23 heavy (non-hydrogen) atoms. The average molecular weight is 403 g/mol. The molecule has 0 saturated carbocycles. The molecule has 4 nitrogen and oxygen atoms in total. The highest BCUT2D eigenvalue weighted by atomic mass is 79.9. The zero-order chi connectivity index (χ0) is 16.1. The molecule has 0 atom stereocenters. The van der Waals surface area contributed by atoms with E-state index in [1.54, 1.807) is 17.8 Å². The number of aromatic nitrogens is 2. The van der Waals surface area contributed by atoms with Crippen molar-refractivity contribution in [3.05, 3.63) is 64.1 Å². The molecule has 0 unspecified atom stereocenters. The van der Waals surface area contributed by atoms with Gasteiger partial charge < -0.3 is 5.32 Å². The zero-order valence-electron chi connectivity index (χ0n) is 11.9. The van der Waals surface area contributed by atoms with Gasteiger partial charge in [0.25, 0.3) is 0 Å². The quantitative estimate of drug-likeness (QED) is 0.593. The lowest BCUT2D eigenvalue weighted by Crippen LogP contribution is -1.88. The van der Waals surface area contributed by atoms with Crippen molar-refractivity contribution in [2.45, 2.75) is 10.1 Å². The molecule has 0 fully saturated rings. The summed E-state index contributed by atoms with van der Waals surface area (Å²) in [4.78, 5) is 0. The molecule has 0 aliphatic heterocycles. The molecule has 0 aliphatic rings. The van der Waals surface area contributed by atoms with Crippen LogP contribution >= 0.6 is 39.0 Å². The van der Waals surface area contributed by atoms with E-state index in [0.29, 0.717) is 5.56 Å². The normalized spacial score (nSPS) is 10.3. The molecule has 0 bridgehead atoms. The van der Waals surface area contributed by atoms with E-state index in [-0.39, 0.29) is 0 Å². The largest absolute Gasteiger partial charge is 0.330 e. The average Bonchev–Trinajstić information content (AvgIpc) is 3.00. The third kappa shape index (κ3) is 4.55. The van der Waals surface area contributed by atoms with Crippen molar-refractivity contribution in [1.82, 2.24) is 10.2 Å². The fourth-order valence-corrected chi connectivity index (χ4v) is 4.00. The van der Waals surface area contributed by atoms with E-state index < -0.39 is 0 Å². The summed E-state index contributed by atoms with van der Waals surface area (Å²) in [5.74, 6) is 0.765. The number of anilines is 2. The summed E-state index contributed by atoms with van der Waals surface area (Å²) in [7, 11) is 0. The molecule has 3 aromatic rings. The van der Waals surface area contributed by atoms with E-state index in [1.165, 1.54) is 11.3 Å². The Hall–Kier alpha value is -1.88. The van der Waals surface area contributed by atoms with Crippen LogP contribution in [0.4, 0.5) is 10.8 Å². The van der Waals surface area contributed by atoms with Crippen LogP contribution in [-0.4, -0.2) is 10.2 Å². The third-order valence-electron chi connectivity index (χ3n) is 2.90. The number of hydrogen-bond acceptors (Lipinski definition) is 6. The maximum absolute atomic E-state index is 8.92. The summed E-state index contributed by atoms with van der Waals surface area (Å²) < 4.78 is 1.91. The van der Waals surface area contributed by atoms with Gasteiger partial charge in [-0.3, -0.25) is 0 Å². The standard InChI is InChI=1S/C16H11BrN4S2/c17-13-5-2-6-14(8-13)19-15-20-21-16(23-15)22-10-12-4-1-3-11(7-12)9-18/h1-8H,10H2,(H,19,20). The fraction of sp³-hybridized carbons (Fsp3) is 0.0625. The van der Waals surface area contributed by atoms with Gasteiger partial charge in [-0.2, -0.15) is 5.26 Å². The van der Waals surface area contributed by atoms with Gasteiger partial charge in [-0.25, -0.2) is 0 Å². The monoisotopic (exact) mass is 402 g/mol. The van der Waals surface area contributed by atoms with Crippen LogP contribution < -0.4 is 5.32 Å². The van der Waals surface area contributed by atoms with Crippen LogP contribution in [0.1, 0.15) is 11.1 Å². The van der Waals surface area contributed by atoms with Crippen LogP contribution in [0.5, 0.6) is 0 Å². The van der Waals surface area contributed by atoms with Gasteiger partial charge in [-0.15, -0.1) is 10.2 Å². The number of benzene rings is 2. The van der Waals surface area contributed by atoms with Gasteiger partial charge in [0.1, 0.15) is 0 Å². The minimum absolute atomic E-state index is 0.678. The van der Waals surface area contributed by atoms with Gasteiger partial charge in [0, 0.05) is 15.9 Å². The summed E-state index contributed by atoms with van der Waals surface area (Å²) in [6.45, 7) is 0. The second-order valence-electron chi connectivity index (χ2n) is 4.61. The first-order valence-electron chi connectivity index (χ1n) is 6.71. The van der Waals surface area contributed by atoms with Crippen molar-refractivity contribution in [3.8, 4) is 6.07 Å². The first-order chi connectivity index (χ1) is 11.2. The second kappa shape index (κ2) is 7.59. The van der Waals surface area contributed by atoms with Gasteiger partial charge in [0.15, 0.2) is 4.34 Å². The molecule has 0 spiro atoms. The third-order valence-corrected chi connectivity index (χ3v) is 5.44. The number of nitriles is 1. The van der Waals surface area contributed by atoms with Gasteiger partial charge in [-0.05, 0) is 35.9 Å². The van der Waals surface area contributed by atoms with E-state index in [9.17, 15) is 0 Å². The minimum atomic E-state index is 0.678. The van der Waals surface area contributed by atoms with Crippen LogP contribution in [0.15, 0.2) is 57.3 Å². The number of nitrogens with zero attached hydrogens (tertiary/aromatic N) is 3. The summed E-state index contributed by atoms with van der Waals surface area (Å²) >= 11 is 6.57. The first-order valence-corrected chi connectivity index (χ1v) is 9.30. The molecular formula is C16H11BrN4S2. The Labute approximate surface area is 150 Å². The molecule has 3 rings (SSSR count). The topological polar surface area (TPSA) is 61.6 Å².